The van der Waals surface area contributed by atoms with Crippen molar-refractivity contribution in [1.82, 2.24) is 15.2 Å². The number of carbonyl (C=O) groups excluding carboxylic acids is 1. The normalized spacial score (nSPS) is 10.0. The highest BCUT2D eigenvalue weighted by atomic mass is 79.9. The van der Waals surface area contributed by atoms with E-state index >= 15 is 0 Å². The Kier molecular flexibility index (Phi) is 3.33. The van der Waals surface area contributed by atoms with Gasteiger partial charge in [-0.25, -0.2) is 14.2 Å². The molecule has 0 spiro atoms. The molecule has 2 rings (SSSR count). The maximum Gasteiger partial charge on any atom is 0.324 e. The average molecular weight is 300 g/mol. The Bertz CT molecular complexity index is 530. The standard InChI is InChI=1S/C9H7BrFN5O/c10-8-6(3-5(11)4-12-8)14-9(17)15-7-1-2-13-16-7/h1-4H,(H3,13,14,15,16,17). The molecule has 0 unspecified atom stereocenters. The number of pyridine rings is 1. The van der Waals surface area contributed by atoms with Crippen molar-refractivity contribution in [1.29, 1.82) is 0 Å². The van der Waals surface area contributed by atoms with Crippen molar-refractivity contribution in [3.8, 4) is 0 Å². The van der Waals surface area contributed by atoms with E-state index in [0.29, 0.717) is 10.4 Å². The number of hydrogen-bond donors (Lipinski definition) is 3. The average Bonchev–Trinajstić information content (AvgIpc) is 2.76. The van der Waals surface area contributed by atoms with Crippen LogP contribution in [0.25, 0.3) is 0 Å². The van der Waals surface area contributed by atoms with E-state index in [2.05, 4.69) is 41.7 Å². The number of amides is 2. The van der Waals surface area contributed by atoms with E-state index in [-0.39, 0.29) is 5.69 Å². The first-order chi connectivity index (χ1) is 8.15. The van der Waals surface area contributed by atoms with Crippen molar-refractivity contribution >= 4 is 33.5 Å². The predicted octanol–water partition coefficient (Wildman–Crippen LogP) is 2.35. The minimum absolute atomic E-state index is 0.238. The Labute approximate surface area is 104 Å². The lowest BCUT2D eigenvalue weighted by Gasteiger charge is -2.07. The number of rotatable bonds is 2. The van der Waals surface area contributed by atoms with Crippen molar-refractivity contribution in [3.63, 3.8) is 0 Å². The quantitative estimate of drug-likeness (QED) is 0.744. The third-order valence-corrected chi connectivity index (χ3v) is 2.43. The summed E-state index contributed by atoms with van der Waals surface area (Å²) >= 11 is 3.10. The van der Waals surface area contributed by atoms with Crippen LogP contribution < -0.4 is 10.6 Å². The number of halogens is 2. The zero-order valence-corrected chi connectivity index (χ0v) is 9.95. The van der Waals surface area contributed by atoms with Gasteiger partial charge in [0.15, 0.2) is 0 Å². The molecule has 2 heterocycles. The van der Waals surface area contributed by atoms with Crippen LogP contribution in [0.4, 0.5) is 20.7 Å². The van der Waals surface area contributed by atoms with Crippen molar-refractivity contribution in [2.45, 2.75) is 0 Å². The lowest BCUT2D eigenvalue weighted by Crippen LogP contribution is -2.20. The molecular formula is C9H7BrFN5O. The first-order valence-corrected chi connectivity index (χ1v) is 5.33. The van der Waals surface area contributed by atoms with Crippen LogP contribution in [0.2, 0.25) is 0 Å². The number of anilines is 2. The number of aromatic amines is 1. The molecular weight excluding hydrogens is 293 g/mol. The van der Waals surface area contributed by atoms with Gasteiger partial charge in [0.05, 0.1) is 18.1 Å². The van der Waals surface area contributed by atoms with E-state index in [9.17, 15) is 9.18 Å². The van der Waals surface area contributed by atoms with E-state index in [0.717, 1.165) is 12.3 Å². The molecule has 0 saturated carbocycles. The highest BCUT2D eigenvalue weighted by Crippen LogP contribution is 2.20. The number of nitrogens with one attached hydrogen (secondary N) is 3. The summed E-state index contributed by atoms with van der Waals surface area (Å²) in [6.45, 7) is 0. The molecule has 88 valence electrons. The highest BCUT2D eigenvalue weighted by molar-refractivity contribution is 9.10. The van der Waals surface area contributed by atoms with Crippen LogP contribution in [-0.4, -0.2) is 21.2 Å². The summed E-state index contributed by atoms with van der Waals surface area (Å²) in [5.74, 6) is -0.104. The molecule has 0 aliphatic carbocycles. The molecule has 6 nitrogen and oxygen atoms in total. The molecule has 2 aromatic rings. The van der Waals surface area contributed by atoms with E-state index in [4.69, 9.17) is 0 Å². The smallest absolute Gasteiger partial charge is 0.305 e. The Morgan fingerprint density at radius 2 is 2.29 bits per heavy atom. The van der Waals surface area contributed by atoms with Gasteiger partial charge in [-0.3, -0.25) is 10.4 Å². The zero-order chi connectivity index (χ0) is 12.3. The molecule has 0 bridgehead atoms. The largest absolute Gasteiger partial charge is 0.324 e. The number of aromatic nitrogens is 3. The van der Waals surface area contributed by atoms with Gasteiger partial charge in [-0.05, 0) is 15.9 Å². The summed E-state index contributed by atoms with van der Waals surface area (Å²) < 4.78 is 13.2. The van der Waals surface area contributed by atoms with E-state index in [1.807, 2.05) is 0 Å². The topological polar surface area (TPSA) is 82.7 Å². The fraction of sp³-hybridized carbons (Fsp3) is 0. The lowest BCUT2D eigenvalue weighted by molar-refractivity contribution is 0.262. The summed E-state index contributed by atoms with van der Waals surface area (Å²) in [5, 5.41) is 11.1. The van der Waals surface area contributed by atoms with Crippen molar-refractivity contribution < 1.29 is 9.18 Å². The number of carbonyl (C=O) groups is 1. The number of hydrogen-bond acceptors (Lipinski definition) is 3. The van der Waals surface area contributed by atoms with Crippen LogP contribution >= 0.6 is 15.9 Å². The second-order valence-corrected chi connectivity index (χ2v) is 3.79. The van der Waals surface area contributed by atoms with Gasteiger partial charge in [0.1, 0.15) is 16.2 Å². The van der Waals surface area contributed by atoms with Crippen LogP contribution in [-0.2, 0) is 0 Å². The first-order valence-electron chi connectivity index (χ1n) is 4.53. The minimum Gasteiger partial charge on any atom is -0.305 e. The molecule has 0 aliphatic heterocycles. The first kappa shape index (κ1) is 11.5. The van der Waals surface area contributed by atoms with Gasteiger partial charge >= 0.3 is 6.03 Å². The lowest BCUT2D eigenvalue weighted by atomic mass is 10.4. The van der Waals surface area contributed by atoms with Crippen LogP contribution in [0.1, 0.15) is 0 Å². The van der Waals surface area contributed by atoms with Crippen LogP contribution in [0.15, 0.2) is 29.1 Å². The van der Waals surface area contributed by atoms with E-state index in [1.54, 1.807) is 6.07 Å². The summed E-state index contributed by atoms with van der Waals surface area (Å²) in [6, 6.07) is 2.21. The molecule has 17 heavy (non-hydrogen) atoms. The summed E-state index contributed by atoms with van der Waals surface area (Å²) in [6.07, 6.45) is 2.54. The zero-order valence-electron chi connectivity index (χ0n) is 8.37. The third-order valence-electron chi connectivity index (χ3n) is 1.80. The molecule has 0 radical (unpaired) electrons. The molecule has 3 N–H and O–H groups in total. The highest BCUT2D eigenvalue weighted by Gasteiger charge is 2.08. The van der Waals surface area contributed by atoms with E-state index < -0.39 is 11.8 Å². The molecule has 0 atom stereocenters. The minimum atomic E-state index is -0.537. The maximum atomic E-state index is 12.9. The molecule has 0 fully saturated rings. The predicted molar refractivity (Wildman–Crippen MR) is 63.1 cm³/mol. The summed E-state index contributed by atoms with van der Waals surface area (Å²) in [7, 11) is 0. The van der Waals surface area contributed by atoms with Gasteiger partial charge in [0, 0.05) is 12.1 Å². The van der Waals surface area contributed by atoms with Gasteiger partial charge in [-0.1, -0.05) is 0 Å². The second kappa shape index (κ2) is 4.91. The number of urea groups is 1. The SMILES string of the molecule is O=C(Nc1ccn[nH]1)Nc1cc(F)cnc1Br. The molecule has 8 heteroatoms. The Balaban J connectivity index is 2.05. The molecule has 2 amide bonds. The molecule has 0 saturated heterocycles. The summed E-state index contributed by atoms with van der Waals surface area (Å²) in [4.78, 5) is 15.2. The van der Waals surface area contributed by atoms with Gasteiger partial charge in [0.25, 0.3) is 0 Å². The molecule has 0 aromatic carbocycles. The van der Waals surface area contributed by atoms with Crippen LogP contribution in [0, 0.1) is 5.82 Å². The van der Waals surface area contributed by atoms with Gasteiger partial charge in [-0.2, -0.15) is 5.10 Å². The third kappa shape index (κ3) is 3.00. The van der Waals surface area contributed by atoms with Gasteiger partial charge in [-0.15, -0.1) is 0 Å². The van der Waals surface area contributed by atoms with Gasteiger partial charge in [0.2, 0.25) is 0 Å². The Morgan fingerprint density at radius 3 is 3.00 bits per heavy atom. The Hall–Kier alpha value is -1.96. The number of H-pyrrole nitrogens is 1. The van der Waals surface area contributed by atoms with E-state index in [1.165, 1.54) is 6.20 Å². The molecule has 2 aromatic heterocycles. The van der Waals surface area contributed by atoms with Gasteiger partial charge < -0.3 is 5.32 Å². The fourth-order valence-electron chi connectivity index (χ4n) is 1.11. The van der Waals surface area contributed by atoms with Crippen LogP contribution in [0.3, 0.4) is 0 Å². The molecule has 0 aliphatic rings. The van der Waals surface area contributed by atoms with Crippen LogP contribution in [0.5, 0.6) is 0 Å². The fourth-order valence-corrected chi connectivity index (χ4v) is 1.43. The van der Waals surface area contributed by atoms with Crippen molar-refractivity contribution in [2.24, 2.45) is 0 Å². The number of nitrogens with zero attached hydrogens (tertiary/aromatic N) is 2. The monoisotopic (exact) mass is 299 g/mol. The summed E-state index contributed by atoms with van der Waals surface area (Å²) in [5.41, 5.74) is 0.238. The Morgan fingerprint density at radius 1 is 1.47 bits per heavy atom. The van der Waals surface area contributed by atoms with Crippen molar-refractivity contribution in [2.75, 3.05) is 10.6 Å². The second-order valence-electron chi connectivity index (χ2n) is 3.04. The van der Waals surface area contributed by atoms with Crippen molar-refractivity contribution in [3.05, 3.63) is 34.9 Å². The maximum absolute atomic E-state index is 12.9.